The molecule has 0 aromatic rings. The molecule has 0 aliphatic heterocycles. The summed E-state index contributed by atoms with van der Waals surface area (Å²) in [7, 11) is 0. The summed E-state index contributed by atoms with van der Waals surface area (Å²) in [6, 6.07) is -0.366. The number of carboxylic acids is 1. The molecule has 0 spiro atoms. The molecule has 3 N–H and O–H groups in total. The number of aliphatic hydroxyl groups excluding tert-OH is 1. The lowest BCUT2D eigenvalue weighted by Gasteiger charge is -2.22. The predicted molar refractivity (Wildman–Crippen MR) is 55.2 cm³/mol. The Bertz CT molecular complexity index is 171. The van der Waals surface area contributed by atoms with Gasteiger partial charge in [0.1, 0.15) is 6.04 Å². The van der Waals surface area contributed by atoms with E-state index < -0.39 is 12.0 Å². The lowest BCUT2D eigenvalue weighted by molar-refractivity contribution is -0.140. The molecule has 14 heavy (non-hydrogen) atoms. The highest BCUT2D eigenvalue weighted by Crippen LogP contribution is 2.05. The van der Waals surface area contributed by atoms with Crippen molar-refractivity contribution in [2.45, 2.75) is 45.7 Å². The number of hydrogen-bond donors (Lipinski definition) is 3. The third-order valence-electron chi connectivity index (χ3n) is 2.19. The lowest BCUT2D eigenvalue weighted by atomic mass is 10.0. The summed E-state index contributed by atoms with van der Waals surface area (Å²) >= 11 is 0. The number of nitrogens with one attached hydrogen (secondary N) is 1. The van der Waals surface area contributed by atoms with E-state index in [0.717, 1.165) is 6.42 Å². The number of aliphatic carboxylic acids is 1. The molecule has 0 heterocycles. The molecule has 2 atom stereocenters. The second kappa shape index (κ2) is 6.79. The van der Waals surface area contributed by atoms with Gasteiger partial charge in [-0.1, -0.05) is 13.8 Å². The van der Waals surface area contributed by atoms with Gasteiger partial charge in [-0.05, 0) is 25.7 Å². The molecule has 0 saturated heterocycles. The number of rotatable bonds is 7. The summed E-state index contributed by atoms with van der Waals surface area (Å²) in [6.07, 6.45) is 1.51. The first-order chi connectivity index (χ1) is 6.49. The van der Waals surface area contributed by atoms with Crippen molar-refractivity contribution in [3.05, 3.63) is 0 Å². The summed E-state index contributed by atoms with van der Waals surface area (Å²) in [5.41, 5.74) is 0. The monoisotopic (exact) mass is 203 g/mol. The molecule has 2 unspecified atom stereocenters. The first kappa shape index (κ1) is 13.4. The van der Waals surface area contributed by atoms with Crippen molar-refractivity contribution < 1.29 is 15.0 Å². The smallest absolute Gasteiger partial charge is 0.320 e. The Morgan fingerprint density at radius 1 is 1.36 bits per heavy atom. The summed E-state index contributed by atoms with van der Waals surface area (Å²) in [4.78, 5) is 10.8. The minimum atomic E-state index is -0.809. The third-order valence-corrected chi connectivity index (χ3v) is 2.19. The first-order valence-electron chi connectivity index (χ1n) is 5.08. The number of hydrogen-bond acceptors (Lipinski definition) is 3. The molecule has 0 aliphatic carbocycles. The summed E-state index contributed by atoms with van der Waals surface area (Å²) < 4.78 is 0. The Kier molecular flexibility index (Phi) is 6.49. The van der Waals surface area contributed by atoms with Gasteiger partial charge in [0.05, 0.1) is 0 Å². The molecular formula is C10H21NO3. The van der Waals surface area contributed by atoms with Crippen LogP contribution in [0.2, 0.25) is 0 Å². The highest BCUT2D eigenvalue weighted by molar-refractivity contribution is 5.73. The average molecular weight is 203 g/mol. The van der Waals surface area contributed by atoms with Crippen LogP contribution in [0.1, 0.15) is 33.6 Å². The molecule has 4 nitrogen and oxygen atoms in total. The van der Waals surface area contributed by atoms with Crippen LogP contribution in [0.25, 0.3) is 0 Å². The highest BCUT2D eigenvalue weighted by atomic mass is 16.4. The molecule has 0 rings (SSSR count). The fraction of sp³-hybridized carbons (Fsp3) is 0.900. The maximum absolute atomic E-state index is 10.8. The van der Waals surface area contributed by atoms with Crippen molar-refractivity contribution in [3.8, 4) is 0 Å². The van der Waals surface area contributed by atoms with Gasteiger partial charge in [-0.2, -0.15) is 0 Å². The van der Waals surface area contributed by atoms with Crippen molar-refractivity contribution in [2.75, 3.05) is 6.61 Å². The van der Waals surface area contributed by atoms with Crippen LogP contribution in [0, 0.1) is 5.92 Å². The number of aliphatic hydroxyl groups is 1. The van der Waals surface area contributed by atoms with Gasteiger partial charge < -0.3 is 15.5 Å². The molecule has 0 aliphatic rings. The standard InChI is InChI=1S/C10H21NO3/c1-7(2)9(10(13)14)11-8(3)5-4-6-12/h7-9,11-12H,4-6H2,1-3H3,(H,13,14). The fourth-order valence-electron chi connectivity index (χ4n) is 1.34. The number of carbonyl (C=O) groups is 1. The van der Waals surface area contributed by atoms with E-state index in [0.29, 0.717) is 6.42 Å². The number of carboxylic acid groups (broad SMARTS) is 1. The van der Waals surface area contributed by atoms with E-state index in [1.807, 2.05) is 20.8 Å². The Morgan fingerprint density at radius 2 is 1.93 bits per heavy atom. The molecule has 0 amide bonds. The van der Waals surface area contributed by atoms with Crippen LogP contribution in [-0.4, -0.2) is 34.9 Å². The van der Waals surface area contributed by atoms with Crippen LogP contribution in [0.15, 0.2) is 0 Å². The first-order valence-corrected chi connectivity index (χ1v) is 5.08. The Hall–Kier alpha value is -0.610. The summed E-state index contributed by atoms with van der Waals surface area (Å²) in [5, 5.41) is 20.6. The van der Waals surface area contributed by atoms with Crippen LogP contribution in [-0.2, 0) is 4.79 Å². The van der Waals surface area contributed by atoms with E-state index in [1.165, 1.54) is 0 Å². The van der Waals surface area contributed by atoms with Crippen LogP contribution < -0.4 is 5.32 Å². The van der Waals surface area contributed by atoms with E-state index in [4.69, 9.17) is 10.2 Å². The van der Waals surface area contributed by atoms with Gasteiger partial charge in [-0.25, -0.2) is 0 Å². The van der Waals surface area contributed by atoms with Gasteiger partial charge in [0, 0.05) is 12.6 Å². The second-order valence-corrected chi connectivity index (χ2v) is 3.99. The molecule has 0 saturated carbocycles. The van der Waals surface area contributed by atoms with E-state index in [9.17, 15) is 4.79 Å². The second-order valence-electron chi connectivity index (χ2n) is 3.99. The molecule has 0 bridgehead atoms. The zero-order valence-electron chi connectivity index (χ0n) is 9.16. The molecular weight excluding hydrogens is 182 g/mol. The topological polar surface area (TPSA) is 69.6 Å². The summed E-state index contributed by atoms with van der Waals surface area (Å²) in [6.45, 7) is 5.86. The zero-order chi connectivity index (χ0) is 11.1. The van der Waals surface area contributed by atoms with Gasteiger partial charge in [0.15, 0.2) is 0 Å². The van der Waals surface area contributed by atoms with Gasteiger partial charge in [-0.3, -0.25) is 4.79 Å². The third kappa shape index (κ3) is 5.19. The Balaban J connectivity index is 3.96. The summed E-state index contributed by atoms with van der Waals surface area (Å²) in [5.74, 6) is -0.736. The van der Waals surface area contributed by atoms with E-state index in [-0.39, 0.29) is 18.6 Å². The fourth-order valence-corrected chi connectivity index (χ4v) is 1.34. The van der Waals surface area contributed by atoms with Crippen molar-refractivity contribution in [2.24, 2.45) is 5.92 Å². The highest BCUT2D eigenvalue weighted by Gasteiger charge is 2.22. The normalized spacial score (nSPS) is 15.5. The molecule has 0 aromatic heterocycles. The average Bonchev–Trinajstić information content (AvgIpc) is 2.09. The van der Waals surface area contributed by atoms with Crippen LogP contribution in [0.5, 0.6) is 0 Å². The molecule has 4 heteroatoms. The molecule has 84 valence electrons. The largest absolute Gasteiger partial charge is 0.480 e. The van der Waals surface area contributed by atoms with Crippen molar-refractivity contribution in [3.63, 3.8) is 0 Å². The SMILES string of the molecule is CC(CCCO)NC(C(=O)O)C(C)C. The van der Waals surface area contributed by atoms with Crippen LogP contribution in [0.3, 0.4) is 0 Å². The van der Waals surface area contributed by atoms with E-state index in [2.05, 4.69) is 5.32 Å². The van der Waals surface area contributed by atoms with Gasteiger partial charge in [0.25, 0.3) is 0 Å². The van der Waals surface area contributed by atoms with E-state index >= 15 is 0 Å². The minimum absolute atomic E-state index is 0.0732. The Labute approximate surface area is 85.3 Å². The minimum Gasteiger partial charge on any atom is -0.480 e. The van der Waals surface area contributed by atoms with Gasteiger partial charge >= 0.3 is 5.97 Å². The van der Waals surface area contributed by atoms with Gasteiger partial charge in [-0.15, -0.1) is 0 Å². The lowest BCUT2D eigenvalue weighted by Crippen LogP contribution is -2.45. The van der Waals surface area contributed by atoms with Crippen molar-refractivity contribution in [1.29, 1.82) is 0 Å². The van der Waals surface area contributed by atoms with Crippen molar-refractivity contribution >= 4 is 5.97 Å². The molecule has 0 fully saturated rings. The van der Waals surface area contributed by atoms with E-state index in [1.54, 1.807) is 0 Å². The predicted octanol–water partition coefficient (Wildman–Crippen LogP) is 0.846. The molecule has 0 radical (unpaired) electrons. The van der Waals surface area contributed by atoms with Gasteiger partial charge in [0.2, 0.25) is 0 Å². The van der Waals surface area contributed by atoms with Crippen molar-refractivity contribution in [1.82, 2.24) is 5.32 Å². The Morgan fingerprint density at radius 3 is 2.29 bits per heavy atom. The molecule has 0 aromatic carbocycles. The zero-order valence-corrected chi connectivity index (χ0v) is 9.16. The maximum atomic E-state index is 10.8. The van der Waals surface area contributed by atoms with Crippen LogP contribution in [0.4, 0.5) is 0 Å². The maximum Gasteiger partial charge on any atom is 0.320 e. The quantitative estimate of drug-likeness (QED) is 0.573. The van der Waals surface area contributed by atoms with Crippen LogP contribution >= 0.6 is 0 Å².